The van der Waals surface area contributed by atoms with Crippen LogP contribution in [0, 0.1) is 18.8 Å². The highest BCUT2D eigenvalue weighted by Crippen LogP contribution is 2.30. The first kappa shape index (κ1) is 20.7. The number of hydrogen-bond acceptors (Lipinski definition) is 6. The standard InChI is InChI=1S/C18H22N2O6S/c1-5-6-13-7-8-14(9-12(13)2)20-11-15(26-17(20)22)10-18(3,16(21)19-23)27(4,24)25/h7-9,15,23H,10-11H2,1-4H3,(H,19,21). The Morgan fingerprint density at radius 2 is 2.15 bits per heavy atom. The summed E-state index contributed by atoms with van der Waals surface area (Å²) in [6, 6.07) is 5.31. The minimum Gasteiger partial charge on any atom is -0.444 e. The number of cyclic esters (lactones) is 1. The molecule has 0 saturated carbocycles. The minimum absolute atomic E-state index is 0.0842. The van der Waals surface area contributed by atoms with E-state index in [0.29, 0.717) is 5.69 Å². The predicted molar refractivity (Wildman–Crippen MR) is 99.1 cm³/mol. The lowest BCUT2D eigenvalue weighted by Gasteiger charge is -2.26. The highest BCUT2D eigenvalue weighted by Gasteiger charge is 2.48. The maximum Gasteiger partial charge on any atom is 0.414 e. The van der Waals surface area contributed by atoms with Crippen LogP contribution in [0.2, 0.25) is 0 Å². The van der Waals surface area contributed by atoms with Crippen LogP contribution in [0.5, 0.6) is 0 Å². The first-order chi connectivity index (χ1) is 12.5. The van der Waals surface area contributed by atoms with Gasteiger partial charge in [0.2, 0.25) is 0 Å². The van der Waals surface area contributed by atoms with Crippen molar-refractivity contribution in [1.82, 2.24) is 5.48 Å². The second kappa shape index (κ2) is 7.58. The van der Waals surface area contributed by atoms with Gasteiger partial charge in [0.1, 0.15) is 6.10 Å². The van der Waals surface area contributed by atoms with Crippen LogP contribution in [0.3, 0.4) is 0 Å². The average Bonchev–Trinajstić information content (AvgIpc) is 2.95. The molecule has 2 N–H and O–H groups in total. The highest BCUT2D eigenvalue weighted by atomic mass is 32.2. The number of carbonyl (C=O) groups excluding carboxylic acids is 2. The fraction of sp³-hybridized carbons (Fsp3) is 0.444. The number of anilines is 1. The van der Waals surface area contributed by atoms with Crippen molar-refractivity contribution >= 4 is 27.5 Å². The third kappa shape index (κ3) is 4.07. The van der Waals surface area contributed by atoms with Gasteiger partial charge in [-0.25, -0.2) is 18.7 Å². The highest BCUT2D eigenvalue weighted by molar-refractivity contribution is 7.92. The van der Waals surface area contributed by atoms with Crippen molar-refractivity contribution in [3.63, 3.8) is 0 Å². The molecule has 1 aliphatic heterocycles. The molecule has 1 aliphatic rings. The van der Waals surface area contributed by atoms with Crippen molar-refractivity contribution in [3.8, 4) is 11.8 Å². The summed E-state index contributed by atoms with van der Waals surface area (Å²) in [6.45, 7) is 4.87. The maximum absolute atomic E-state index is 12.3. The zero-order chi connectivity index (χ0) is 20.4. The van der Waals surface area contributed by atoms with Crippen LogP contribution in [0.4, 0.5) is 10.5 Å². The number of hydrogen-bond donors (Lipinski definition) is 2. The SMILES string of the molecule is CC#Cc1ccc(N2CC(CC(C)(C(=O)NO)S(C)(=O)=O)OC2=O)cc1C. The van der Waals surface area contributed by atoms with Crippen molar-refractivity contribution in [3.05, 3.63) is 29.3 Å². The van der Waals surface area contributed by atoms with Gasteiger partial charge >= 0.3 is 6.09 Å². The summed E-state index contributed by atoms with van der Waals surface area (Å²) in [5, 5.41) is 8.90. The quantitative estimate of drug-likeness (QED) is 0.443. The van der Waals surface area contributed by atoms with Crippen LogP contribution < -0.4 is 10.4 Å². The van der Waals surface area contributed by atoms with E-state index >= 15 is 0 Å². The molecule has 2 unspecified atom stereocenters. The Bertz CT molecular complexity index is 931. The number of rotatable bonds is 5. The predicted octanol–water partition coefficient (Wildman–Crippen LogP) is 1.39. The van der Waals surface area contributed by atoms with Gasteiger partial charge in [-0.15, -0.1) is 5.92 Å². The molecule has 1 fully saturated rings. The Hall–Kier alpha value is -2.57. The second-order valence-corrected chi connectivity index (χ2v) is 9.08. The molecule has 146 valence electrons. The Balaban J connectivity index is 2.25. The zero-order valence-corrected chi connectivity index (χ0v) is 16.4. The van der Waals surface area contributed by atoms with Gasteiger partial charge in [0.25, 0.3) is 5.91 Å². The molecule has 1 heterocycles. The molecule has 1 saturated heterocycles. The van der Waals surface area contributed by atoms with Gasteiger partial charge in [-0.2, -0.15) is 0 Å². The number of nitrogens with zero attached hydrogens (tertiary/aromatic N) is 1. The summed E-state index contributed by atoms with van der Waals surface area (Å²) in [4.78, 5) is 25.6. The van der Waals surface area contributed by atoms with Crippen molar-refractivity contribution < 1.29 is 28.0 Å². The summed E-state index contributed by atoms with van der Waals surface area (Å²) >= 11 is 0. The maximum atomic E-state index is 12.3. The summed E-state index contributed by atoms with van der Waals surface area (Å²) in [6.07, 6.45) is -0.842. The van der Waals surface area contributed by atoms with E-state index in [0.717, 1.165) is 17.4 Å². The number of aryl methyl sites for hydroxylation is 1. The second-order valence-electron chi connectivity index (χ2n) is 6.64. The van der Waals surface area contributed by atoms with Crippen LogP contribution in [-0.4, -0.2) is 49.3 Å². The van der Waals surface area contributed by atoms with Gasteiger partial charge in [0.15, 0.2) is 14.6 Å². The molecule has 9 heteroatoms. The number of amides is 2. The fourth-order valence-electron chi connectivity index (χ4n) is 2.89. The van der Waals surface area contributed by atoms with Crippen LogP contribution in [0.15, 0.2) is 18.2 Å². The average molecular weight is 394 g/mol. The summed E-state index contributed by atoms with van der Waals surface area (Å²) in [7, 11) is -3.88. The van der Waals surface area contributed by atoms with Crippen LogP contribution in [-0.2, 0) is 19.4 Å². The molecular formula is C18H22N2O6S. The lowest BCUT2D eigenvalue weighted by molar-refractivity contribution is -0.132. The van der Waals surface area contributed by atoms with Gasteiger partial charge in [-0.3, -0.25) is 14.9 Å². The molecule has 2 amide bonds. The van der Waals surface area contributed by atoms with Gasteiger partial charge < -0.3 is 4.74 Å². The lowest BCUT2D eigenvalue weighted by Crippen LogP contribution is -2.51. The zero-order valence-electron chi connectivity index (χ0n) is 15.6. The minimum atomic E-state index is -3.88. The van der Waals surface area contributed by atoms with Crippen LogP contribution in [0.1, 0.15) is 31.4 Å². The molecular weight excluding hydrogens is 372 g/mol. The van der Waals surface area contributed by atoms with Crippen LogP contribution >= 0.6 is 0 Å². The normalized spacial score (nSPS) is 18.9. The molecule has 2 atom stereocenters. The summed E-state index contributed by atoms with van der Waals surface area (Å²) < 4.78 is 27.5. The van der Waals surface area contributed by atoms with E-state index in [-0.39, 0.29) is 13.0 Å². The van der Waals surface area contributed by atoms with Gasteiger partial charge in [0, 0.05) is 23.9 Å². The van der Waals surface area contributed by atoms with Crippen molar-refractivity contribution in [2.24, 2.45) is 0 Å². The molecule has 0 aromatic heterocycles. The number of hydroxylamine groups is 1. The van der Waals surface area contributed by atoms with Gasteiger partial charge in [-0.1, -0.05) is 5.92 Å². The van der Waals surface area contributed by atoms with Gasteiger partial charge in [-0.05, 0) is 44.5 Å². The van der Waals surface area contributed by atoms with E-state index in [9.17, 15) is 18.0 Å². The molecule has 1 aromatic rings. The number of nitrogens with one attached hydrogen (secondary N) is 1. The smallest absolute Gasteiger partial charge is 0.414 e. The molecule has 1 aromatic carbocycles. The molecule has 8 nitrogen and oxygen atoms in total. The molecule has 2 rings (SSSR count). The van der Waals surface area contributed by atoms with Crippen molar-refractivity contribution in [2.75, 3.05) is 17.7 Å². The first-order valence-electron chi connectivity index (χ1n) is 8.19. The lowest BCUT2D eigenvalue weighted by atomic mass is 10.0. The molecule has 0 radical (unpaired) electrons. The van der Waals surface area contributed by atoms with E-state index in [2.05, 4.69) is 11.8 Å². The third-order valence-corrected chi connectivity index (χ3v) is 6.66. The molecule has 27 heavy (non-hydrogen) atoms. The third-order valence-electron chi connectivity index (χ3n) is 4.67. The fourth-order valence-corrected chi connectivity index (χ4v) is 3.77. The monoisotopic (exact) mass is 394 g/mol. The number of benzene rings is 1. The Morgan fingerprint density at radius 3 is 2.67 bits per heavy atom. The van der Waals surface area contributed by atoms with E-state index in [4.69, 9.17) is 9.94 Å². The van der Waals surface area contributed by atoms with E-state index in [1.54, 1.807) is 25.1 Å². The first-order valence-corrected chi connectivity index (χ1v) is 10.1. The Labute approximate surface area is 158 Å². The number of ether oxygens (including phenoxy) is 1. The Morgan fingerprint density at radius 1 is 1.48 bits per heavy atom. The largest absolute Gasteiger partial charge is 0.444 e. The molecule has 0 spiro atoms. The van der Waals surface area contributed by atoms with Crippen LogP contribution in [0.25, 0.3) is 0 Å². The van der Waals surface area contributed by atoms with Crippen molar-refractivity contribution in [1.29, 1.82) is 0 Å². The molecule has 0 aliphatic carbocycles. The number of sulfone groups is 1. The van der Waals surface area contributed by atoms with E-state index in [1.165, 1.54) is 17.3 Å². The summed E-state index contributed by atoms with van der Waals surface area (Å²) in [5.74, 6) is 4.70. The number of carbonyl (C=O) groups is 2. The van der Waals surface area contributed by atoms with E-state index < -0.39 is 32.7 Å². The van der Waals surface area contributed by atoms with E-state index in [1.807, 2.05) is 6.92 Å². The topological polar surface area (TPSA) is 113 Å². The molecule has 0 bridgehead atoms. The van der Waals surface area contributed by atoms with Crippen molar-refractivity contribution in [2.45, 2.75) is 38.0 Å². The summed E-state index contributed by atoms with van der Waals surface area (Å²) in [5.41, 5.74) is 3.70. The Kier molecular flexibility index (Phi) is 5.82. The van der Waals surface area contributed by atoms with Gasteiger partial charge in [0.05, 0.1) is 6.54 Å².